The van der Waals surface area contributed by atoms with Gasteiger partial charge in [-0.15, -0.1) is 11.3 Å². The van der Waals surface area contributed by atoms with Crippen LogP contribution in [-0.2, 0) is 16.1 Å². The van der Waals surface area contributed by atoms with E-state index >= 15 is 0 Å². The van der Waals surface area contributed by atoms with Gasteiger partial charge in [0.15, 0.2) is 11.4 Å². The number of morpholine rings is 1. The van der Waals surface area contributed by atoms with Gasteiger partial charge < -0.3 is 14.4 Å². The molecule has 6 heterocycles. The molecule has 0 N–H and O–H groups in total. The number of methoxy groups -OCH3 is 1. The molecule has 11 nitrogen and oxygen atoms in total. The largest absolute Gasteiger partial charge is 0.496 e. The second-order valence-corrected chi connectivity index (χ2v) is 13.8. The van der Waals surface area contributed by atoms with E-state index in [-0.39, 0.29) is 24.2 Å². The van der Waals surface area contributed by atoms with Gasteiger partial charge in [-0.1, -0.05) is 6.42 Å². The first-order valence-electron chi connectivity index (χ1n) is 16.6. The third-order valence-corrected chi connectivity index (χ3v) is 11.2. The zero-order valence-electron chi connectivity index (χ0n) is 26.6. The van der Waals surface area contributed by atoms with Gasteiger partial charge in [-0.3, -0.25) is 19.2 Å². The zero-order chi connectivity index (χ0) is 31.9. The minimum atomic E-state index is -0.453. The molecule has 1 atom stereocenters. The van der Waals surface area contributed by atoms with Crippen LogP contribution in [0.2, 0.25) is 0 Å². The van der Waals surface area contributed by atoms with E-state index in [2.05, 4.69) is 32.5 Å². The van der Waals surface area contributed by atoms with Crippen molar-refractivity contribution in [1.82, 2.24) is 34.2 Å². The lowest BCUT2D eigenvalue weighted by Crippen LogP contribution is -2.50. The number of ether oxygens (including phenoxy) is 2. The van der Waals surface area contributed by atoms with E-state index in [0.717, 1.165) is 92.7 Å². The van der Waals surface area contributed by atoms with Crippen LogP contribution >= 0.6 is 11.3 Å². The van der Waals surface area contributed by atoms with Crippen LogP contribution < -0.4 is 4.74 Å². The summed E-state index contributed by atoms with van der Waals surface area (Å²) in [6, 6.07) is 8.50. The maximum Gasteiger partial charge on any atom is 0.244 e. The molecule has 12 heteroatoms. The molecular weight excluding hydrogens is 614 g/mol. The Hall–Kier alpha value is -4.13. The molecule has 8 rings (SSSR count). The fourth-order valence-corrected chi connectivity index (χ4v) is 8.32. The van der Waals surface area contributed by atoms with E-state index in [1.807, 2.05) is 17.2 Å². The molecule has 0 bridgehead atoms. The van der Waals surface area contributed by atoms with Crippen LogP contribution in [0, 0.1) is 5.92 Å². The number of piperidine rings is 1. The average Bonchev–Trinajstić information content (AvgIpc) is 3.84. The number of hydrogen-bond donors (Lipinski definition) is 0. The smallest absolute Gasteiger partial charge is 0.244 e. The molecule has 244 valence electrons. The van der Waals surface area contributed by atoms with E-state index in [1.54, 1.807) is 52.3 Å². The van der Waals surface area contributed by atoms with Crippen molar-refractivity contribution >= 4 is 38.8 Å². The van der Waals surface area contributed by atoms with Crippen molar-refractivity contribution in [2.24, 2.45) is 5.92 Å². The molecule has 0 spiro atoms. The molecular formula is C35H39N7O4S. The summed E-state index contributed by atoms with van der Waals surface area (Å²) >= 11 is 1.66. The zero-order valence-corrected chi connectivity index (χ0v) is 27.4. The third kappa shape index (κ3) is 5.72. The van der Waals surface area contributed by atoms with Gasteiger partial charge in [-0.2, -0.15) is 10.2 Å². The van der Waals surface area contributed by atoms with Crippen molar-refractivity contribution in [2.45, 2.75) is 50.6 Å². The third-order valence-electron chi connectivity index (χ3n) is 10.3. The summed E-state index contributed by atoms with van der Waals surface area (Å²) in [4.78, 5) is 37.3. The van der Waals surface area contributed by atoms with Gasteiger partial charge in [-0.05, 0) is 66.6 Å². The SMILES string of the molecule is COc1cc2ccsc2cc1-c1nn(CC(=O)N2CCC(N3CCOCC3)CC2)cc1C(C(=O)c1cnn2cccnc12)C1CCC1. The second kappa shape index (κ2) is 12.8. The summed E-state index contributed by atoms with van der Waals surface area (Å²) in [5, 5.41) is 12.7. The Kier molecular flexibility index (Phi) is 8.24. The lowest BCUT2D eigenvalue weighted by atomic mass is 9.70. The van der Waals surface area contributed by atoms with Crippen molar-refractivity contribution in [3.05, 3.63) is 65.6 Å². The Labute approximate surface area is 277 Å². The summed E-state index contributed by atoms with van der Waals surface area (Å²) in [6.45, 7) is 5.07. The van der Waals surface area contributed by atoms with E-state index in [4.69, 9.17) is 14.6 Å². The summed E-state index contributed by atoms with van der Waals surface area (Å²) in [5.41, 5.74) is 3.38. The number of Topliss-reactive ketones (excluding diaryl/α,β-unsaturated/α-hetero) is 1. The van der Waals surface area contributed by atoms with Crippen molar-refractivity contribution in [3.8, 4) is 17.0 Å². The number of nitrogens with zero attached hydrogens (tertiary/aromatic N) is 7. The number of benzene rings is 1. The van der Waals surface area contributed by atoms with Gasteiger partial charge in [0.2, 0.25) is 5.91 Å². The molecule has 1 amide bonds. The fourth-order valence-electron chi connectivity index (χ4n) is 7.51. The van der Waals surface area contributed by atoms with Gasteiger partial charge >= 0.3 is 0 Å². The highest BCUT2D eigenvalue weighted by Crippen LogP contribution is 2.46. The van der Waals surface area contributed by atoms with Crippen molar-refractivity contribution in [3.63, 3.8) is 0 Å². The van der Waals surface area contributed by atoms with Crippen LogP contribution in [0.5, 0.6) is 5.75 Å². The van der Waals surface area contributed by atoms with Crippen molar-refractivity contribution in [1.29, 1.82) is 0 Å². The number of likely N-dealkylation sites (tertiary alicyclic amines) is 1. The minimum absolute atomic E-state index is 0.0168. The molecule has 1 aromatic carbocycles. The molecule has 1 aliphatic carbocycles. The predicted octanol–water partition coefficient (Wildman–Crippen LogP) is 4.91. The minimum Gasteiger partial charge on any atom is -0.496 e. The molecule has 4 aromatic heterocycles. The molecule has 2 aliphatic heterocycles. The van der Waals surface area contributed by atoms with Gasteiger partial charge in [0.1, 0.15) is 18.0 Å². The van der Waals surface area contributed by atoms with Crippen LogP contribution in [0.3, 0.4) is 0 Å². The molecule has 1 saturated carbocycles. The predicted molar refractivity (Wildman–Crippen MR) is 179 cm³/mol. The van der Waals surface area contributed by atoms with Crippen LogP contribution in [0.15, 0.2) is 54.4 Å². The number of rotatable bonds is 9. The van der Waals surface area contributed by atoms with Crippen molar-refractivity contribution < 1.29 is 19.1 Å². The van der Waals surface area contributed by atoms with E-state index in [1.165, 1.54) is 0 Å². The number of thiophene rings is 1. The number of amides is 1. The first kappa shape index (κ1) is 30.2. The van der Waals surface area contributed by atoms with E-state index < -0.39 is 5.92 Å². The number of carbonyl (C=O) groups excluding carboxylic acids is 2. The Morgan fingerprint density at radius 2 is 1.94 bits per heavy atom. The van der Waals surface area contributed by atoms with Crippen LogP contribution in [0.4, 0.5) is 0 Å². The number of aromatic nitrogens is 5. The highest BCUT2D eigenvalue weighted by Gasteiger charge is 2.39. The maximum atomic E-state index is 14.6. The Bertz CT molecular complexity index is 1910. The number of carbonyl (C=O) groups is 2. The lowest BCUT2D eigenvalue weighted by molar-refractivity contribution is -0.133. The lowest BCUT2D eigenvalue weighted by Gasteiger charge is -2.40. The monoisotopic (exact) mass is 653 g/mol. The van der Waals surface area contributed by atoms with Gasteiger partial charge in [-0.25, -0.2) is 9.50 Å². The molecule has 3 aliphatic rings. The molecule has 5 aromatic rings. The average molecular weight is 654 g/mol. The van der Waals surface area contributed by atoms with Crippen molar-refractivity contribution in [2.75, 3.05) is 46.5 Å². The number of ketones is 1. The molecule has 47 heavy (non-hydrogen) atoms. The van der Waals surface area contributed by atoms with E-state index in [9.17, 15) is 9.59 Å². The van der Waals surface area contributed by atoms with E-state index in [0.29, 0.717) is 28.7 Å². The second-order valence-electron chi connectivity index (χ2n) is 12.9. The molecule has 1 unspecified atom stereocenters. The first-order valence-corrected chi connectivity index (χ1v) is 17.5. The Morgan fingerprint density at radius 3 is 2.70 bits per heavy atom. The van der Waals surface area contributed by atoms with Gasteiger partial charge in [0.05, 0.1) is 38.0 Å². The summed E-state index contributed by atoms with van der Waals surface area (Å²) in [7, 11) is 1.66. The molecule has 3 fully saturated rings. The first-order chi connectivity index (χ1) is 23.1. The maximum absolute atomic E-state index is 14.6. The highest BCUT2D eigenvalue weighted by molar-refractivity contribution is 7.17. The van der Waals surface area contributed by atoms with Crippen LogP contribution in [-0.4, -0.2) is 98.4 Å². The van der Waals surface area contributed by atoms with Crippen LogP contribution in [0.1, 0.15) is 53.9 Å². The fraction of sp³-hybridized carbons (Fsp3) is 0.457. The molecule has 0 radical (unpaired) electrons. The Balaban J connectivity index is 1.14. The normalized spacial score (nSPS) is 18.9. The number of hydrogen-bond acceptors (Lipinski definition) is 9. The van der Waals surface area contributed by atoms with Crippen LogP contribution in [0.25, 0.3) is 27.0 Å². The summed E-state index contributed by atoms with van der Waals surface area (Å²) in [5.74, 6) is 0.424. The standard InChI is InChI=1S/C35H39N7O4S/c1-45-29-18-24-8-17-47-30(24)19-26(29)33-28(32(23-4-2-5-23)34(44)27-20-37-42-10-3-9-36-35(27)42)21-41(38-33)22-31(43)40-11-6-25(7-12-40)39-13-15-46-16-14-39/h3,8-10,17-21,23,25,32H,2,4-7,11-16,22H2,1H3. The summed E-state index contributed by atoms with van der Waals surface area (Å²) in [6.07, 6.45) is 12.0. The highest BCUT2D eigenvalue weighted by atomic mass is 32.1. The van der Waals surface area contributed by atoms with Gasteiger partial charge in [0.25, 0.3) is 0 Å². The Morgan fingerprint density at radius 1 is 1.11 bits per heavy atom. The summed E-state index contributed by atoms with van der Waals surface area (Å²) < 4.78 is 15.9. The molecule has 2 saturated heterocycles. The van der Waals surface area contributed by atoms with Gasteiger partial charge in [0, 0.05) is 66.6 Å². The number of fused-ring (bicyclic) bond motifs is 2. The quantitative estimate of drug-likeness (QED) is 0.207. The topological polar surface area (TPSA) is 107 Å².